The van der Waals surface area contributed by atoms with Crippen molar-refractivity contribution in [2.45, 2.75) is 20.8 Å². The number of carbonyl (C=O) groups excluding carboxylic acids is 1. The van der Waals surface area contributed by atoms with Gasteiger partial charge in [-0.25, -0.2) is 10.2 Å². The average Bonchev–Trinajstić information content (AvgIpc) is 3.01. The minimum atomic E-state index is -0.954. The van der Waals surface area contributed by atoms with Crippen molar-refractivity contribution in [2.75, 3.05) is 7.11 Å². The van der Waals surface area contributed by atoms with Crippen molar-refractivity contribution in [3.8, 4) is 11.4 Å². The number of carbonyl (C=O) groups is 2. The van der Waals surface area contributed by atoms with E-state index in [0.717, 1.165) is 28.2 Å². The molecule has 0 aliphatic carbocycles. The van der Waals surface area contributed by atoms with Gasteiger partial charge in [-0.2, -0.15) is 5.10 Å². The number of benzene rings is 2. The number of hydrogen-bond acceptors (Lipinski definition) is 4. The number of amides is 1. The number of aromatic carboxylic acids is 1. The largest absolute Gasteiger partial charge is 0.497 e. The first-order valence-corrected chi connectivity index (χ1v) is 9.32. The Bertz CT molecular complexity index is 1150. The number of carboxylic acid groups (broad SMARTS) is 1. The predicted octanol–water partition coefficient (Wildman–Crippen LogP) is 3.87. The van der Waals surface area contributed by atoms with Crippen LogP contribution in [0.15, 0.2) is 53.6 Å². The van der Waals surface area contributed by atoms with Gasteiger partial charge < -0.3 is 14.4 Å². The molecule has 0 spiro atoms. The molecule has 30 heavy (non-hydrogen) atoms. The summed E-state index contributed by atoms with van der Waals surface area (Å²) in [5, 5.41) is 13.3. The Kier molecular flexibility index (Phi) is 6.01. The van der Waals surface area contributed by atoms with E-state index in [-0.39, 0.29) is 11.5 Å². The number of rotatable bonds is 6. The fourth-order valence-corrected chi connectivity index (χ4v) is 3.32. The molecule has 1 heterocycles. The van der Waals surface area contributed by atoms with E-state index in [0.29, 0.717) is 11.3 Å². The second-order valence-electron chi connectivity index (χ2n) is 6.90. The van der Waals surface area contributed by atoms with E-state index < -0.39 is 5.97 Å². The molecule has 3 aromatic rings. The summed E-state index contributed by atoms with van der Waals surface area (Å²) < 4.78 is 7.16. The number of hydrogen-bond donors (Lipinski definition) is 2. The SMILES string of the molecule is COc1cccc(C(=O)N/N=C\c2cc(C)n(-c3ccc(C(=O)O)cc3C)c2C)c1. The molecule has 0 unspecified atom stereocenters. The maximum Gasteiger partial charge on any atom is 0.335 e. The third-order valence-electron chi connectivity index (χ3n) is 4.86. The summed E-state index contributed by atoms with van der Waals surface area (Å²) >= 11 is 0. The van der Waals surface area contributed by atoms with Crippen molar-refractivity contribution in [3.63, 3.8) is 0 Å². The predicted molar refractivity (Wildman–Crippen MR) is 115 cm³/mol. The fraction of sp³-hybridized carbons (Fsp3) is 0.174. The molecular weight excluding hydrogens is 382 g/mol. The summed E-state index contributed by atoms with van der Waals surface area (Å²) in [7, 11) is 1.54. The maximum absolute atomic E-state index is 12.3. The van der Waals surface area contributed by atoms with Crippen LogP contribution in [0.25, 0.3) is 5.69 Å². The van der Waals surface area contributed by atoms with Gasteiger partial charge in [0.1, 0.15) is 5.75 Å². The Morgan fingerprint density at radius 2 is 1.83 bits per heavy atom. The molecule has 2 N–H and O–H groups in total. The van der Waals surface area contributed by atoms with Crippen molar-refractivity contribution < 1.29 is 19.4 Å². The Labute approximate surface area is 174 Å². The third-order valence-corrected chi connectivity index (χ3v) is 4.86. The monoisotopic (exact) mass is 405 g/mol. The highest BCUT2D eigenvalue weighted by atomic mass is 16.5. The smallest absolute Gasteiger partial charge is 0.335 e. The van der Waals surface area contributed by atoms with Crippen LogP contribution in [0, 0.1) is 20.8 Å². The summed E-state index contributed by atoms with van der Waals surface area (Å²) in [6.07, 6.45) is 1.60. The molecule has 1 amide bonds. The van der Waals surface area contributed by atoms with Gasteiger partial charge in [0.05, 0.1) is 18.9 Å². The third kappa shape index (κ3) is 4.25. The van der Waals surface area contributed by atoms with E-state index in [9.17, 15) is 14.7 Å². The lowest BCUT2D eigenvalue weighted by atomic mass is 10.1. The fourth-order valence-electron chi connectivity index (χ4n) is 3.32. The Morgan fingerprint density at radius 3 is 2.50 bits per heavy atom. The minimum absolute atomic E-state index is 0.251. The molecule has 154 valence electrons. The van der Waals surface area contributed by atoms with Crippen LogP contribution in [-0.2, 0) is 0 Å². The number of aryl methyl sites for hydroxylation is 2. The van der Waals surface area contributed by atoms with Crippen molar-refractivity contribution >= 4 is 18.1 Å². The maximum atomic E-state index is 12.3. The first kappa shape index (κ1) is 20.9. The van der Waals surface area contributed by atoms with Gasteiger partial charge in [0.15, 0.2) is 0 Å². The molecule has 1 aromatic heterocycles. The van der Waals surface area contributed by atoms with E-state index in [4.69, 9.17) is 4.74 Å². The lowest BCUT2D eigenvalue weighted by molar-refractivity contribution is 0.0696. The van der Waals surface area contributed by atoms with Gasteiger partial charge in [0.2, 0.25) is 0 Å². The zero-order valence-corrected chi connectivity index (χ0v) is 17.3. The molecule has 0 aliphatic rings. The molecule has 0 saturated heterocycles. The molecule has 7 nitrogen and oxygen atoms in total. The Hall–Kier alpha value is -3.87. The molecular formula is C23H23N3O4. The van der Waals surface area contributed by atoms with Crippen LogP contribution >= 0.6 is 0 Å². The van der Waals surface area contributed by atoms with Crippen molar-refractivity contribution in [3.05, 3.63) is 82.2 Å². The van der Waals surface area contributed by atoms with Gasteiger partial charge in [0.25, 0.3) is 5.91 Å². The number of aromatic nitrogens is 1. The highest BCUT2D eigenvalue weighted by Crippen LogP contribution is 2.23. The van der Waals surface area contributed by atoms with Crippen LogP contribution in [0.1, 0.15) is 43.2 Å². The lowest BCUT2D eigenvalue weighted by Crippen LogP contribution is -2.17. The van der Waals surface area contributed by atoms with Crippen molar-refractivity contribution in [2.24, 2.45) is 5.10 Å². The highest BCUT2D eigenvalue weighted by molar-refractivity contribution is 5.95. The summed E-state index contributed by atoms with van der Waals surface area (Å²) in [6, 6.07) is 13.8. The quantitative estimate of drug-likeness (QED) is 0.481. The van der Waals surface area contributed by atoms with Gasteiger partial charge in [-0.3, -0.25) is 4.79 Å². The van der Waals surface area contributed by atoms with Gasteiger partial charge >= 0.3 is 5.97 Å². The van der Waals surface area contributed by atoms with Gasteiger partial charge in [-0.1, -0.05) is 6.07 Å². The summed E-state index contributed by atoms with van der Waals surface area (Å²) in [4.78, 5) is 23.5. The first-order valence-electron chi connectivity index (χ1n) is 9.32. The number of nitrogens with one attached hydrogen (secondary N) is 1. The molecule has 2 aromatic carbocycles. The molecule has 0 atom stereocenters. The Morgan fingerprint density at radius 1 is 1.07 bits per heavy atom. The zero-order valence-electron chi connectivity index (χ0n) is 17.3. The lowest BCUT2D eigenvalue weighted by Gasteiger charge is -2.13. The molecule has 0 bridgehead atoms. The van der Waals surface area contributed by atoms with E-state index in [1.807, 2.05) is 31.4 Å². The van der Waals surface area contributed by atoms with Gasteiger partial charge in [-0.15, -0.1) is 0 Å². The highest BCUT2D eigenvalue weighted by Gasteiger charge is 2.13. The van der Waals surface area contributed by atoms with Gasteiger partial charge in [0, 0.05) is 28.2 Å². The number of carboxylic acids is 1. The van der Waals surface area contributed by atoms with Crippen LogP contribution in [-0.4, -0.2) is 34.9 Å². The van der Waals surface area contributed by atoms with Crippen LogP contribution in [0.4, 0.5) is 0 Å². The molecule has 3 rings (SSSR count). The summed E-state index contributed by atoms with van der Waals surface area (Å²) in [5.41, 5.74) is 7.73. The molecule has 0 radical (unpaired) electrons. The Balaban J connectivity index is 1.82. The van der Waals surface area contributed by atoms with Crippen LogP contribution < -0.4 is 10.2 Å². The zero-order chi connectivity index (χ0) is 21.8. The van der Waals surface area contributed by atoms with Crippen molar-refractivity contribution in [1.29, 1.82) is 0 Å². The van der Waals surface area contributed by atoms with E-state index >= 15 is 0 Å². The second-order valence-corrected chi connectivity index (χ2v) is 6.90. The molecule has 0 fully saturated rings. The molecule has 0 saturated carbocycles. The van der Waals surface area contributed by atoms with E-state index in [2.05, 4.69) is 10.5 Å². The standard InChI is InChI=1S/C23H23N3O4/c1-14-10-18(23(28)29)8-9-21(14)26-15(2)11-19(16(26)3)13-24-25-22(27)17-6-5-7-20(12-17)30-4/h5-13H,1-4H3,(H,25,27)(H,28,29)/b24-13-. The minimum Gasteiger partial charge on any atom is -0.497 e. The first-order chi connectivity index (χ1) is 14.3. The normalized spacial score (nSPS) is 10.9. The molecule has 7 heteroatoms. The average molecular weight is 405 g/mol. The number of ether oxygens (including phenoxy) is 1. The number of nitrogens with zero attached hydrogens (tertiary/aromatic N) is 2. The van der Waals surface area contributed by atoms with E-state index in [1.165, 1.54) is 0 Å². The van der Waals surface area contributed by atoms with E-state index in [1.54, 1.807) is 55.8 Å². The summed E-state index contributed by atoms with van der Waals surface area (Å²) in [6.45, 7) is 5.79. The van der Waals surface area contributed by atoms with Crippen molar-refractivity contribution in [1.82, 2.24) is 9.99 Å². The molecule has 0 aliphatic heterocycles. The number of hydrazone groups is 1. The van der Waals surface area contributed by atoms with Crippen LogP contribution in [0.3, 0.4) is 0 Å². The second kappa shape index (κ2) is 8.65. The van der Waals surface area contributed by atoms with Gasteiger partial charge in [-0.05, 0) is 68.8 Å². The van der Waals surface area contributed by atoms with Crippen LogP contribution in [0.5, 0.6) is 5.75 Å². The number of methoxy groups -OCH3 is 1. The van der Waals surface area contributed by atoms with Crippen LogP contribution in [0.2, 0.25) is 0 Å². The topological polar surface area (TPSA) is 92.9 Å². The summed E-state index contributed by atoms with van der Waals surface area (Å²) in [5.74, 6) is -0.691.